The van der Waals surface area contributed by atoms with E-state index in [9.17, 15) is 14.9 Å². The largest absolute Gasteiger partial charge is 0.326 e. The molecule has 1 rings (SSSR count). The average Bonchev–Trinajstić information content (AvgIpc) is 2.32. The molecule has 0 radical (unpaired) electrons. The number of nitrogens with one attached hydrogen (secondary N) is 2. The van der Waals surface area contributed by atoms with Crippen LogP contribution in [0.15, 0.2) is 12.1 Å². The minimum atomic E-state index is -0.439. The third kappa shape index (κ3) is 4.33. The van der Waals surface area contributed by atoms with E-state index in [0.717, 1.165) is 18.5 Å². The minimum absolute atomic E-state index is 0.0242. The number of nitrogens with zero attached hydrogens (tertiary/aromatic N) is 1. The van der Waals surface area contributed by atoms with Crippen molar-refractivity contribution in [3.05, 3.63) is 33.4 Å². The highest BCUT2D eigenvalue weighted by Crippen LogP contribution is 2.26. The second-order valence-corrected chi connectivity index (χ2v) is 4.47. The maximum Gasteiger partial charge on any atom is 0.274 e. The van der Waals surface area contributed by atoms with Crippen molar-refractivity contribution in [3.63, 3.8) is 0 Å². The maximum atomic E-state index is 11.7. The van der Waals surface area contributed by atoms with E-state index in [2.05, 4.69) is 10.6 Å². The van der Waals surface area contributed by atoms with Crippen molar-refractivity contribution in [2.45, 2.75) is 26.7 Å². The first-order valence-corrected chi connectivity index (χ1v) is 6.15. The maximum absolute atomic E-state index is 11.7. The first-order chi connectivity index (χ1) is 8.95. The summed E-state index contributed by atoms with van der Waals surface area (Å²) in [6, 6.07) is 3.13. The predicted molar refractivity (Wildman–Crippen MR) is 74.4 cm³/mol. The van der Waals surface area contributed by atoms with Crippen LogP contribution in [-0.2, 0) is 4.79 Å². The van der Waals surface area contributed by atoms with Crippen LogP contribution in [0.5, 0.6) is 0 Å². The number of carbonyl (C=O) groups excluding carboxylic acids is 1. The average molecular weight is 265 g/mol. The highest BCUT2D eigenvalue weighted by Gasteiger charge is 2.14. The van der Waals surface area contributed by atoms with Crippen LogP contribution >= 0.6 is 0 Å². The van der Waals surface area contributed by atoms with Crippen molar-refractivity contribution in [1.82, 2.24) is 5.32 Å². The summed E-state index contributed by atoms with van der Waals surface area (Å²) in [6.45, 7) is 4.27. The molecule has 0 saturated carbocycles. The Morgan fingerprint density at radius 2 is 2.00 bits per heavy atom. The number of nitro groups is 1. The molecule has 19 heavy (non-hydrogen) atoms. The van der Waals surface area contributed by atoms with Gasteiger partial charge in [0.25, 0.3) is 5.69 Å². The fourth-order valence-corrected chi connectivity index (χ4v) is 1.81. The number of amides is 1. The third-order valence-electron chi connectivity index (χ3n) is 2.84. The number of hydrogen-bond donors (Lipinski definition) is 2. The summed E-state index contributed by atoms with van der Waals surface area (Å²) in [5.41, 5.74) is 1.95. The molecule has 0 unspecified atom stereocenters. The molecule has 0 saturated heterocycles. The Morgan fingerprint density at radius 1 is 1.32 bits per heavy atom. The SMILES string of the molecule is CNCCCC(=O)Nc1cc([N+](=O)[O-])c(C)cc1C. The molecule has 0 bridgehead atoms. The van der Waals surface area contributed by atoms with Crippen molar-refractivity contribution < 1.29 is 9.72 Å². The van der Waals surface area contributed by atoms with E-state index in [1.807, 2.05) is 14.0 Å². The molecular formula is C13H19N3O3. The number of benzene rings is 1. The number of anilines is 1. The van der Waals surface area contributed by atoms with Crippen LogP contribution < -0.4 is 10.6 Å². The molecule has 1 aromatic carbocycles. The van der Waals surface area contributed by atoms with Crippen molar-refractivity contribution >= 4 is 17.3 Å². The Kier molecular flexibility index (Phi) is 5.44. The van der Waals surface area contributed by atoms with Gasteiger partial charge in [0.1, 0.15) is 0 Å². The lowest BCUT2D eigenvalue weighted by Gasteiger charge is -2.09. The Morgan fingerprint density at radius 3 is 2.58 bits per heavy atom. The fraction of sp³-hybridized carbons (Fsp3) is 0.462. The van der Waals surface area contributed by atoms with Gasteiger partial charge in [0.15, 0.2) is 0 Å². The van der Waals surface area contributed by atoms with Crippen LogP contribution in [-0.4, -0.2) is 24.4 Å². The number of nitro benzene ring substituents is 1. The van der Waals surface area contributed by atoms with Crippen LogP contribution in [0.1, 0.15) is 24.0 Å². The van der Waals surface area contributed by atoms with E-state index < -0.39 is 4.92 Å². The molecule has 0 spiro atoms. The standard InChI is InChI=1S/C13H19N3O3/c1-9-7-10(2)12(16(18)19)8-11(9)15-13(17)5-4-6-14-3/h7-8,14H,4-6H2,1-3H3,(H,15,17). The van der Waals surface area contributed by atoms with Crippen molar-refractivity contribution in [1.29, 1.82) is 0 Å². The summed E-state index contributed by atoms with van der Waals surface area (Å²) in [5.74, 6) is -0.128. The Labute approximate surface area is 112 Å². The van der Waals surface area contributed by atoms with Gasteiger partial charge in [0.05, 0.1) is 10.6 Å². The summed E-state index contributed by atoms with van der Waals surface area (Å²) >= 11 is 0. The van der Waals surface area contributed by atoms with E-state index in [1.54, 1.807) is 13.0 Å². The fourth-order valence-electron chi connectivity index (χ4n) is 1.81. The zero-order valence-corrected chi connectivity index (χ0v) is 11.4. The van der Waals surface area contributed by atoms with Crippen LogP contribution in [0.2, 0.25) is 0 Å². The lowest BCUT2D eigenvalue weighted by molar-refractivity contribution is -0.385. The zero-order valence-electron chi connectivity index (χ0n) is 11.4. The summed E-state index contributed by atoms with van der Waals surface area (Å²) < 4.78 is 0. The lowest BCUT2D eigenvalue weighted by atomic mass is 10.1. The van der Waals surface area contributed by atoms with E-state index in [4.69, 9.17) is 0 Å². The summed E-state index contributed by atoms with van der Waals surface area (Å²) in [5, 5.41) is 16.5. The highest BCUT2D eigenvalue weighted by atomic mass is 16.6. The van der Waals surface area contributed by atoms with Gasteiger partial charge in [-0.3, -0.25) is 14.9 Å². The smallest absolute Gasteiger partial charge is 0.274 e. The van der Waals surface area contributed by atoms with Crippen molar-refractivity contribution in [2.24, 2.45) is 0 Å². The van der Waals surface area contributed by atoms with Crippen LogP contribution in [0.25, 0.3) is 0 Å². The van der Waals surface area contributed by atoms with E-state index in [0.29, 0.717) is 17.7 Å². The lowest BCUT2D eigenvalue weighted by Crippen LogP contribution is -2.16. The number of rotatable bonds is 6. The second kappa shape index (κ2) is 6.84. The number of carbonyl (C=O) groups is 1. The summed E-state index contributed by atoms with van der Waals surface area (Å²) in [7, 11) is 1.82. The summed E-state index contributed by atoms with van der Waals surface area (Å²) in [6.07, 6.45) is 1.12. The Bertz CT molecular complexity index is 486. The highest BCUT2D eigenvalue weighted by molar-refractivity contribution is 5.92. The van der Waals surface area contributed by atoms with Crippen LogP contribution in [0, 0.1) is 24.0 Å². The topological polar surface area (TPSA) is 84.3 Å². The molecule has 1 amide bonds. The molecule has 0 aliphatic carbocycles. The molecule has 0 aliphatic rings. The van der Waals surface area contributed by atoms with Gasteiger partial charge in [-0.15, -0.1) is 0 Å². The third-order valence-corrected chi connectivity index (χ3v) is 2.84. The molecule has 0 heterocycles. The Balaban J connectivity index is 2.80. The molecule has 104 valence electrons. The normalized spacial score (nSPS) is 10.3. The zero-order chi connectivity index (χ0) is 14.4. The van der Waals surface area contributed by atoms with Gasteiger partial charge in [0, 0.05) is 18.1 Å². The second-order valence-electron chi connectivity index (χ2n) is 4.47. The molecular weight excluding hydrogens is 246 g/mol. The molecule has 0 atom stereocenters. The van der Waals surface area contributed by atoms with Gasteiger partial charge < -0.3 is 10.6 Å². The predicted octanol–water partition coefficient (Wildman–Crippen LogP) is 2.15. The van der Waals surface area contributed by atoms with Crippen LogP contribution in [0.3, 0.4) is 0 Å². The van der Waals surface area contributed by atoms with Gasteiger partial charge in [-0.1, -0.05) is 0 Å². The monoisotopic (exact) mass is 265 g/mol. The van der Waals surface area contributed by atoms with Gasteiger partial charge in [0.2, 0.25) is 5.91 Å². The molecule has 6 nitrogen and oxygen atoms in total. The van der Waals surface area contributed by atoms with Gasteiger partial charge >= 0.3 is 0 Å². The first kappa shape index (κ1) is 15.1. The molecule has 0 fully saturated rings. The van der Waals surface area contributed by atoms with Gasteiger partial charge in [-0.2, -0.15) is 0 Å². The van der Waals surface area contributed by atoms with Gasteiger partial charge in [-0.05, 0) is 45.5 Å². The molecule has 0 aromatic heterocycles. The first-order valence-electron chi connectivity index (χ1n) is 6.15. The molecule has 2 N–H and O–H groups in total. The molecule has 6 heteroatoms. The van der Waals surface area contributed by atoms with Crippen LogP contribution in [0.4, 0.5) is 11.4 Å². The van der Waals surface area contributed by atoms with Crippen molar-refractivity contribution in [3.8, 4) is 0 Å². The van der Waals surface area contributed by atoms with E-state index in [-0.39, 0.29) is 11.6 Å². The molecule has 0 aliphatic heterocycles. The summed E-state index contributed by atoms with van der Waals surface area (Å²) in [4.78, 5) is 22.1. The van der Waals surface area contributed by atoms with Crippen molar-refractivity contribution in [2.75, 3.05) is 18.9 Å². The number of hydrogen-bond acceptors (Lipinski definition) is 4. The Hall–Kier alpha value is -1.95. The minimum Gasteiger partial charge on any atom is -0.326 e. The van der Waals surface area contributed by atoms with E-state index in [1.165, 1.54) is 6.07 Å². The van der Waals surface area contributed by atoms with E-state index >= 15 is 0 Å². The molecule has 1 aromatic rings. The number of aryl methyl sites for hydroxylation is 2. The van der Waals surface area contributed by atoms with Gasteiger partial charge in [-0.25, -0.2) is 0 Å². The quantitative estimate of drug-likeness (QED) is 0.469.